The Hall–Kier alpha value is -1.56. The number of primary amides is 1. The fourth-order valence-electron chi connectivity index (χ4n) is 1.12. The largest absolute Gasteiger partial charge is 0.497 e. The van der Waals surface area contributed by atoms with Crippen LogP contribution in [0.15, 0.2) is 29.2 Å². The Bertz CT molecular complexity index is 478. The Morgan fingerprint density at radius 1 is 1.31 bits per heavy atom. The Kier molecular flexibility index (Phi) is 3.54. The van der Waals surface area contributed by atoms with Crippen molar-refractivity contribution in [3.05, 3.63) is 24.3 Å². The molecule has 88 valence electrons. The van der Waals surface area contributed by atoms with E-state index in [2.05, 4.69) is 0 Å². The van der Waals surface area contributed by atoms with Gasteiger partial charge in [0.1, 0.15) is 11.0 Å². The van der Waals surface area contributed by atoms with E-state index in [9.17, 15) is 13.2 Å². The molecule has 1 aromatic rings. The molecule has 0 radical (unpaired) electrons. The highest BCUT2D eigenvalue weighted by Crippen LogP contribution is 2.19. The van der Waals surface area contributed by atoms with Gasteiger partial charge in [-0.15, -0.1) is 0 Å². The first kappa shape index (κ1) is 12.5. The highest BCUT2D eigenvalue weighted by Gasteiger charge is 2.27. The summed E-state index contributed by atoms with van der Waals surface area (Å²) in [5, 5.41) is -1.24. The first-order valence-corrected chi connectivity index (χ1v) is 6.11. The van der Waals surface area contributed by atoms with Crippen molar-refractivity contribution in [2.24, 2.45) is 5.73 Å². The number of amides is 1. The lowest BCUT2D eigenvalue weighted by atomic mass is 10.3. The van der Waals surface area contributed by atoms with Gasteiger partial charge in [-0.2, -0.15) is 0 Å². The van der Waals surface area contributed by atoms with Crippen molar-refractivity contribution < 1.29 is 17.9 Å². The molecular formula is C10H13NO4S. The van der Waals surface area contributed by atoms with Gasteiger partial charge in [0.15, 0.2) is 9.84 Å². The maximum Gasteiger partial charge on any atom is 0.235 e. The zero-order chi connectivity index (χ0) is 12.3. The number of nitrogens with two attached hydrogens (primary N) is 1. The third-order valence-electron chi connectivity index (χ3n) is 2.25. The van der Waals surface area contributed by atoms with Crippen molar-refractivity contribution >= 4 is 15.7 Å². The molecule has 0 aromatic heterocycles. The van der Waals surface area contributed by atoms with E-state index < -0.39 is 21.0 Å². The third kappa shape index (κ3) is 2.33. The maximum atomic E-state index is 11.8. The van der Waals surface area contributed by atoms with E-state index in [1.54, 1.807) is 0 Å². The first-order valence-electron chi connectivity index (χ1n) is 4.57. The van der Waals surface area contributed by atoms with Gasteiger partial charge in [0.25, 0.3) is 0 Å². The van der Waals surface area contributed by atoms with Crippen LogP contribution in [0.4, 0.5) is 0 Å². The molecule has 0 aliphatic rings. The van der Waals surface area contributed by atoms with Crippen molar-refractivity contribution in [1.29, 1.82) is 0 Å². The normalized spacial score (nSPS) is 13.1. The molecule has 0 aliphatic carbocycles. The van der Waals surface area contributed by atoms with Gasteiger partial charge in [-0.25, -0.2) is 8.42 Å². The third-order valence-corrected chi connectivity index (χ3v) is 4.35. The summed E-state index contributed by atoms with van der Waals surface area (Å²) in [4.78, 5) is 10.9. The minimum Gasteiger partial charge on any atom is -0.497 e. The smallest absolute Gasteiger partial charge is 0.235 e. The average molecular weight is 243 g/mol. The fourth-order valence-corrected chi connectivity index (χ4v) is 2.35. The minimum absolute atomic E-state index is 0.0552. The van der Waals surface area contributed by atoms with Crippen molar-refractivity contribution in [3.8, 4) is 5.75 Å². The molecule has 0 saturated carbocycles. The topological polar surface area (TPSA) is 86.5 Å². The van der Waals surface area contributed by atoms with Crippen LogP contribution in [0.1, 0.15) is 6.92 Å². The number of benzene rings is 1. The number of carbonyl (C=O) groups excluding carboxylic acids is 1. The van der Waals surface area contributed by atoms with Gasteiger partial charge in [-0.1, -0.05) is 0 Å². The molecule has 16 heavy (non-hydrogen) atoms. The summed E-state index contributed by atoms with van der Waals surface area (Å²) in [6.07, 6.45) is 0. The summed E-state index contributed by atoms with van der Waals surface area (Å²) < 4.78 is 28.6. The molecule has 2 N–H and O–H groups in total. The number of methoxy groups -OCH3 is 1. The van der Waals surface area contributed by atoms with Crippen LogP contribution in [0.5, 0.6) is 5.75 Å². The second-order valence-electron chi connectivity index (χ2n) is 3.27. The summed E-state index contributed by atoms with van der Waals surface area (Å²) in [5.41, 5.74) is 4.97. The molecule has 0 spiro atoms. The van der Waals surface area contributed by atoms with Crippen LogP contribution in [0.2, 0.25) is 0 Å². The summed E-state index contributed by atoms with van der Waals surface area (Å²) in [7, 11) is -2.21. The Balaban J connectivity index is 3.13. The molecule has 0 unspecified atom stereocenters. The second kappa shape index (κ2) is 4.52. The fraction of sp³-hybridized carbons (Fsp3) is 0.300. The lowest BCUT2D eigenvalue weighted by molar-refractivity contribution is -0.117. The molecule has 6 heteroatoms. The number of hydrogen-bond donors (Lipinski definition) is 1. The summed E-state index contributed by atoms with van der Waals surface area (Å²) >= 11 is 0. The van der Waals surface area contributed by atoms with Crippen LogP contribution in [-0.4, -0.2) is 26.7 Å². The van der Waals surface area contributed by atoms with Crippen molar-refractivity contribution in [3.63, 3.8) is 0 Å². The number of sulfone groups is 1. The number of carbonyl (C=O) groups is 1. The molecular weight excluding hydrogens is 230 g/mol. The van der Waals surface area contributed by atoms with Gasteiger partial charge in [-0.05, 0) is 31.2 Å². The van der Waals surface area contributed by atoms with Crippen LogP contribution >= 0.6 is 0 Å². The van der Waals surface area contributed by atoms with E-state index >= 15 is 0 Å². The maximum absolute atomic E-state index is 11.8. The SMILES string of the molecule is COc1ccc(S(=O)(=O)[C@@H](C)C(N)=O)cc1. The van der Waals surface area contributed by atoms with Crippen LogP contribution in [0.3, 0.4) is 0 Å². The van der Waals surface area contributed by atoms with Gasteiger partial charge in [0.2, 0.25) is 5.91 Å². The predicted molar refractivity (Wildman–Crippen MR) is 58.8 cm³/mol. The quantitative estimate of drug-likeness (QED) is 0.826. The number of ether oxygens (including phenoxy) is 1. The first-order chi connectivity index (χ1) is 7.39. The Morgan fingerprint density at radius 3 is 2.19 bits per heavy atom. The zero-order valence-electron chi connectivity index (χ0n) is 9.01. The summed E-state index contributed by atoms with van der Waals surface area (Å²) in [5.74, 6) is -0.318. The lowest BCUT2D eigenvalue weighted by Gasteiger charge is -2.09. The lowest BCUT2D eigenvalue weighted by Crippen LogP contribution is -2.33. The summed E-state index contributed by atoms with van der Waals surface area (Å²) in [6.45, 7) is 1.27. The van der Waals surface area contributed by atoms with Gasteiger partial charge < -0.3 is 10.5 Å². The Morgan fingerprint density at radius 2 is 1.81 bits per heavy atom. The van der Waals surface area contributed by atoms with Crippen molar-refractivity contribution in [1.82, 2.24) is 0 Å². The number of hydrogen-bond acceptors (Lipinski definition) is 4. The standard InChI is InChI=1S/C10H13NO4S/c1-7(10(11)12)16(13,14)9-5-3-8(15-2)4-6-9/h3-7H,1-2H3,(H2,11,12)/t7-/m0/s1. The van der Waals surface area contributed by atoms with Gasteiger partial charge in [0.05, 0.1) is 12.0 Å². The van der Waals surface area contributed by atoms with Gasteiger partial charge in [0, 0.05) is 0 Å². The van der Waals surface area contributed by atoms with E-state index in [-0.39, 0.29) is 4.90 Å². The highest BCUT2D eigenvalue weighted by atomic mass is 32.2. The van der Waals surface area contributed by atoms with Crippen LogP contribution in [0.25, 0.3) is 0 Å². The van der Waals surface area contributed by atoms with Gasteiger partial charge in [-0.3, -0.25) is 4.79 Å². The van der Waals surface area contributed by atoms with Gasteiger partial charge >= 0.3 is 0 Å². The average Bonchev–Trinajstić information content (AvgIpc) is 2.28. The van der Waals surface area contributed by atoms with E-state index in [1.807, 2.05) is 0 Å². The predicted octanol–water partition coefficient (Wildman–Crippen LogP) is 0.343. The molecule has 1 aromatic carbocycles. The second-order valence-corrected chi connectivity index (χ2v) is 5.53. The van der Waals surface area contributed by atoms with E-state index in [1.165, 1.54) is 38.3 Å². The molecule has 0 saturated heterocycles. The molecule has 1 atom stereocenters. The van der Waals surface area contributed by atoms with Crippen LogP contribution in [0, 0.1) is 0 Å². The summed E-state index contributed by atoms with van der Waals surface area (Å²) in [6, 6.07) is 5.79. The molecule has 0 heterocycles. The van der Waals surface area contributed by atoms with E-state index in [4.69, 9.17) is 10.5 Å². The van der Waals surface area contributed by atoms with Crippen molar-refractivity contribution in [2.45, 2.75) is 17.1 Å². The molecule has 0 fully saturated rings. The van der Waals surface area contributed by atoms with E-state index in [0.717, 1.165) is 0 Å². The molecule has 0 bridgehead atoms. The molecule has 0 aliphatic heterocycles. The Labute approximate surface area is 94.1 Å². The molecule has 1 amide bonds. The van der Waals surface area contributed by atoms with Crippen molar-refractivity contribution in [2.75, 3.05) is 7.11 Å². The monoisotopic (exact) mass is 243 g/mol. The van der Waals surface area contributed by atoms with Crippen LogP contribution in [-0.2, 0) is 14.6 Å². The zero-order valence-corrected chi connectivity index (χ0v) is 9.82. The number of rotatable bonds is 4. The van der Waals surface area contributed by atoms with E-state index in [0.29, 0.717) is 5.75 Å². The minimum atomic E-state index is -3.69. The van der Waals surface area contributed by atoms with Crippen LogP contribution < -0.4 is 10.5 Å². The molecule has 1 rings (SSSR count). The highest BCUT2D eigenvalue weighted by molar-refractivity contribution is 7.92. The molecule has 5 nitrogen and oxygen atoms in total.